The molecule has 7 nitrogen and oxygen atoms in total. The topological polar surface area (TPSA) is 71.9 Å². The van der Waals surface area contributed by atoms with Crippen LogP contribution < -0.4 is 0 Å². The molecule has 1 aromatic carbocycles. The van der Waals surface area contributed by atoms with Gasteiger partial charge in [-0.3, -0.25) is 0 Å². The van der Waals surface area contributed by atoms with Crippen LogP contribution in [0.25, 0.3) is 17.0 Å². The van der Waals surface area contributed by atoms with Crippen LogP contribution in [-0.4, -0.2) is 68.1 Å². The lowest BCUT2D eigenvalue weighted by molar-refractivity contribution is -0.315. The number of hydrogen-bond donors (Lipinski definition) is 0. The third-order valence-corrected chi connectivity index (χ3v) is 7.34. The van der Waals surface area contributed by atoms with Crippen LogP contribution in [0.1, 0.15) is 31.9 Å². The van der Waals surface area contributed by atoms with Gasteiger partial charge >= 0.3 is 0 Å². The standard InChI is InChI=1S/C29H34Cl2N2O5/c1-17-14-19(24-12-13-32-28(33-24)22-11-10-20(30)16-23(22)31)8-6-7-9-21(15-17)38-29-27(36-5)26(35-4)25(34-3)18(2)37-29/h6,8,10-14,16,18,21,25-27,29H,1,7,9,15H2,2-5H3/b8-6-,19-14+/t18-,21?,25-,26+,27+,29-/m0/s1. The van der Waals surface area contributed by atoms with Crippen molar-refractivity contribution in [3.63, 3.8) is 0 Å². The lowest BCUT2D eigenvalue weighted by Gasteiger charge is -2.44. The molecule has 1 aromatic heterocycles. The lowest BCUT2D eigenvalue weighted by atomic mass is 9.98. The van der Waals surface area contributed by atoms with Crippen LogP contribution in [0.4, 0.5) is 0 Å². The van der Waals surface area contributed by atoms with Gasteiger partial charge in [-0.1, -0.05) is 53.6 Å². The number of nitrogens with zero attached hydrogens (tertiary/aromatic N) is 2. The van der Waals surface area contributed by atoms with Gasteiger partial charge in [0.1, 0.15) is 18.3 Å². The second-order valence-electron chi connectivity index (χ2n) is 9.40. The summed E-state index contributed by atoms with van der Waals surface area (Å²) in [5, 5.41) is 1.06. The molecule has 1 fully saturated rings. The molecule has 1 aliphatic heterocycles. The first kappa shape index (κ1) is 28.9. The Bertz CT molecular complexity index is 1190. The van der Waals surface area contributed by atoms with E-state index in [1.165, 1.54) is 0 Å². The summed E-state index contributed by atoms with van der Waals surface area (Å²) in [7, 11) is 4.93. The average molecular weight is 562 g/mol. The molecule has 9 heteroatoms. The monoisotopic (exact) mass is 560 g/mol. The highest BCUT2D eigenvalue weighted by atomic mass is 35.5. The van der Waals surface area contributed by atoms with E-state index in [2.05, 4.69) is 23.7 Å². The van der Waals surface area contributed by atoms with Gasteiger partial charge in [0.2, 0.25) is 0 Å². The van der Waals surface area contributed by atoms with Gasteiger partial charge in [0.25, 0.3) is 0 Å². The van der Waals surface area contributed by atoms with E-state index in [-0.39, 0.29) is 24.4 Å². The van der Waals surface area contributed by atoms with E-state index >= 15 is 0 Å². The van der Waals surface area contributed by atoms with Crippen LogP contribution in [0.5, 0.6) is 0 Å². The van der Waals surface area contributed by atoms with Crippen molar-refractivity contribution in [2.75, 3.05) is 21.3 Å². The highest BCUT2D eigenvalue weighted by Gasteiger charge is 2.46. The summed E-state index contributed by atoms with van der Waals surface area (Å²) in [6.07, 6.45) is 8.24. The van der Waals surface area contributed by atoms with Crippen molar-refractivity contribution in [2.45, 2.75) is 63.0 Å². The minimum atomic E-state index is -0.592. The summed E-state index contributed by atoms with van der Waals surface area (Å²) in [4.78, 5) is 9.20. The largest absolute Gasteiger partial charge is 0.376 e. The van der Waals surface area contributed by atoms with Gasteiger partial charge in [-0.15, -0.1) is 0 Å². The molecule has 0 N–H and O–H groups in total. The SMILES string of the molecule is C=C1/C=C(c2ccnc(-c3ccc(Cl)cc3Cl)n2)\C=C/CCC(O[C@@H]2O[C@@H](C)[C@H](OC)[C@@H](OC)[C@H]2OC)C1. The first-order valence-corrected chi connectivity index (χ1v) is 13.3. The van der Waals surface area contributed by atoms with Gasteiger partial charge in [-0.05, 0) is 50.5 Å². The van der Waals surface area contributed by atoms with E-state index in [0.717, 1.165) is 35.2 Å². The molecule has 0 bridgehead atoms. The predicted octanol–water partition coefficient (Wildman–Crippen LogP) is 6.31. The zero-order valence-corrected chi connectivity index (χ0v) is 23.6. The summed E-state index contributed by atoms with van der Waals surface area (Å²) in [5.41, 5.74) is 3.34. The number of halogens is 2. The number of rotatable bonds is 7. The van der Waals surface area contributed by atoms with Gasteiger partial charge in [0, 0.05) is 43.7 Å². The molecule has 2 aliphatic rings. The Morgan fingerprint density at radius 2 is 1.79 bits per heavy atom. The van der Waals surface area contributed by atoms with Gasteiger partial charge in [0.05, 0.1) is 22.9 Å². The van der Waals surface area contributed by atoms with E-state index in [1.54, 1.807) is 39.7 Å². The average Bonchev–Trinajstić information content (AvgIpc) is 2.98. The summed E-state index contributed by atoms with van der Waals surface area (Å²) >= 11 is 12.5. The first-order chi connectivity index (χ1) is 18.3. The van der Waals surface area contributed by atoms with Gasteiger partial charge in [-0.25, -0.2) is 9.97 Å². The van der Waals surface area contributed by atoms with Crippen molar-refractivity contribution >= 4 is 28.8 Å². The molecule has 1 aliphatic carbocycles. The van der Waals surface area contributed by atoms with Crippen molar-refractivity contribution in [1.29, 1.82) is 0 Å². The molecule has 38 heavy (non-hydrogen) atoms. The molecule has 0 radical (unpaired) electrons. The fourth-order valence-electron chi connectivity index (χ4n) is 4.92. The lowest BCUT2D eigenvalue weighted by Crippen LogP contribution is -2.59. The fourth-order valence-corrected chi connectivity index (χ4v) is 5.42. The highest BCUT2D eigenvalue weighted by molar-refractivity contribution is 6.36. The van der Waals surface area contributed by atoms with Crippen LogP contribution in [0, 0.1) is 0 Å². The van der Waals surface area contributed by atoms with E-state index < -0.39 is 12.4 Å². The Morgan fingerprint density at radius 3 is 2.50 bits per heavy atom. The third kappa shape index (κ3) is 6.72. The van der Waals surface area contributed by atoms with Crippen LogP contribution >= 0.6 is 23.2 Å². The normalized spacial score (nSPS) is 30.6. The van der Waals surface area contributed by atoms with Crippen LogP contribution in [-0.2, 0) is 23.7 Å². The Balaban J connectivity index is 1.52. The van der Waals surface area contributed by atoms with E-state index in [1.807, 2.05) is 25.1 Å². The summed E-state index contributed by atoms with van der Waals surface area (Å²) < 4.78 is 29.7. The zero-order valence-electron chi connectivity index (χ0n) is 22.1. The van der Waals surface area contributed by atoms with Gasteiger partial charge in [0.15, 0.2) is 12.1 Å². The molecule has 6 atom stereocenters. The number of hydrogen-bond acceptors (Lipinski definition) is 7. The molecule has 0 spiro atoms. The highest BCUT2D eigenvalue weighted by Crippen LogP contribution is 2.32. The molecule has 0 saturated carbocycles. The van der Waals surface area contributed by atoms with Gasteiger partial charge in [-0.2, -0.15) is 0 Å². The van der Waals surface area contributed by atoms with Gasteiger partial charge < -0.3 is 23.7 Å². The minimum Gasteiger partial charge on any atom is -0.376 e. The fraction of sp³-hybridized carbons (Fsp3) is 0.448. The maximum atomic E-state index is 6.48. The minimum absolute atomic E-state index is 0.122. The summed E-state index contributed by atoms with van der Waals surface area (Å²) in [6.45, 7) is 6.26. The van der Waals surface area contributed by atoms with Crippen molar-refractivity contribution in [3.8, 4) is 11.4 Å². The second kappa shape index (κ2) is 13.3. The Hall–Kier alpha value is -2.10. The van der Waals surface area contributed by atoms with Crippen LogP contribution in [0.2, 0.25) is 10.0 Å². The number of methoxy groups -OCH3 is 3. The smallest absolute Gasteiger partial charge is 0.187 e. The summed E-state index contributed by atoms with van der Waals surface area (Å²) in [6, 6.07) is 7.16. The van der Waals surface area contributed by atoms with E-state index in [4.69, 9.17) is 51.9 Å². The van der Waals surface area contributed by atoms with Crippen molar-refractivity contribution in [2.24, 2.45) is 0 Å². The second-order valence-corrected chi connectivity index (χ2v) is 10.2. The summed E-state index contributed by atoms with van der Waals surface area (Å²) in [5.74, 6) is 0.529. The van der Waals surface area contributed by atoms with Crippen molar-refractivity contribution in [1.82, 2.24) is 9.97 Å². The number of benzene rings is 1. The number of aromatic nitrogens is 2. The quantitative estimate of drug-likeness (QED) is 0.393. The van der Waals surface area contributed by atoms with Crippen molar-refractivity contribution in [3.05, 3.63) is 76.6 Å². The van der Waals surface area contributed by atoms with Crippen LogP contribution in [0.15, 0.2) is 60.8 Å². The van der Waals surface area contributed by atoms with Crippen LogP contribution in [0.3, 0.4) is 0 Å². The van der Waals surface area contributed by atoms with E-state index in [9.17, 15) is 0 Å². The maximum Gasteiger partial charge on any atom is 0.187 e. The molecule has 1 saturated heterocycles. The Kier molecular flexibility index (Phi) is 10.1. The zero-order chi connectivity index (χ0) is 27.2. The number of ether oxygens (including phenoxy) is 5. The molecule has 2 aromatic rings. The van der Waals surface area contributed by atoms with E-state index in [0.29, 0.717) is 22.3 Å². The number of allylic oxidation sites excluding steroid dienone is 4. The first-order valence-electron chi connectivity index (χ1n) is 12.6. The Morgan fingerprint density at radius 1 is 1.03 bits per heavy atom. The van der Waals surface area contributed by atoms with Crippen molar-refractivity contribution < 1.29 is 23.7 Å². The molecule has 1 unspecified atom stereocenters. The molecular weight excluding hydrogens is 527 g/mol. The molecule has 0 amide bonds. The molecule has 4 rings (SSSR count). The third-order valence-electron chi connectivity index (χ3n) is 6.80. The molecule has 2 heterocycles. The maximum absolute atomic E-state index is 6.48. The molecule has 204 valence electrons. The predicted molar refractivity (Wildman–Crippen MR) is 149 cm³/mol. The molecular formula is C29H34Cl2N2O5. The Labute approximate surface area is 234 Å².